The number of benzene rings is 1. The van der Waals surface area contributed by atoms with Crippen LogP contribution in [0.3, 0.4) is 0 Å². The summed E-state index contributed by atoms with van der Waals surface area (Å²) < 4.78 is 13.4. The van der Waals surface area contributed by atoms with E-state index in [0.29, 0.717) is 5.56 Å². The molecule has 0 aliphatic carbocycles. The zero-order chi connectivity index (χ0) is 13.1. The molecule has 0 aliphatic rings. The Labute approximate surface area is 110 Å². The molecule has 2 unspecified atom stereocenters. The molecule has 94 valence electrons. The van der Waals surface area contributed by atoms with Gasteiger partial charge in [-0.05, 0) is 23.8 Å². The summed E-state index contributed by atoms with van der Waals surface area (Å²) in [5.41, 5.74) is 1.33. The van der Waals surface area contributed by atoms with E-state index in [0.717, 1.165) is 5.56 Å². The summed E-state index contributed by atoms with van der Waals surface area (Å²) in [4.78, 5) is 3.92. The number of pyridine rings is 1. The standard InChI is InChI=1S/C14H13ClFNO/c1-9(10-5-7-17-8-6-10)14(18)11-3-2-4-12(16)13(11)15/h2-9,14,18H,1H3. The van der Waals surface area contributed by atoms with Crippen LogP contribution >= 0.6 is 11.6 Å². The number of halogens is 2. The minimum Gasteiger partial charge on any atom is -0.388 e. The Balaban J connectivity index is 2.31. The second-order valence-corrected chi connectivity index (χ2v) is 4.54. The highest BCUT2D eigenvalue weighted by Gasteiger charge is 2.21. The van der Waals surface area contributed by atoms with Gasteiger partial charge in [0.2, 0.25) is 0 Å². The quantitative estimate of drug-likeness (QED) is 0.918. The zero-order valence-electron chi connectivity index (χ0n) is 9.85. The fraction of sp³-hybridized carbons (Fsp3) is 0.214. The molecule has 2 rings (SSSR count). The lowest BCUT2D eigenvalue weighted by Crippen LogP contribution is -2.09. The van der Waals surface area contributed by atoms with Crippen molar-refractivity contribution in [2.45, 2.75) is 18.9 Å². The highest BCUT2D eigenvalue weighted by Crippen LogP contribution is 2.34. The van der Waals surface area contributed by atoms with Gasteiger partial charge in [-0.2, -0.15) is 0 Å². The second-order valence-electron chi connectivity index (χ2n) is 4.16. The molecule has 18 heavy (non-hydrogen) atoms. The minimum atomic E-state index is -0.851. The van der Waals surface area contributed by atoms with Crippen LogP contribution in [-0.4, -0.2) is 10.1 Å². The van der Waals surface area contributed by atoms with Crippen LogP contribution < -0.4 is 0 Å². The fourth-order valence-corrected chi connectivity index (χ4v) is 2.11. The molecular weight excluding hydrogens is 253 g/mol. The van der Waals surface area contributed by atoms with Gasteiger partial charge in [0.15, 0.2) is 0 Å². The molecule has 0 aliphatic heterocycles. The van der Waals surface area contributed by atoms with Gasteiger partial charge in [0, 0.05) is 23.9 Å². The molecule has 0 spiro atoms. The third kappa shape index (κ3) is 2.52. The molecule has 0 amide bonds. The Kier molecular flexibility index (Phi) is 3.94. The number of hydrogen-bond acceptors (Lipinski definition) is 2. The summed E-state index contributed by atoms with van der Waals surface area (Å²) in [6.07, 6.45) is 2.47. The number of aliphatic hydroxyl groups excluding tert-OH is 1. The maximum Gasteiger partial charge on any atom is 0.142 e. The van der Waals surface area contributed by atoms with E-state index in [-0.39, 0.29) is 10.9 Å². The lowest BCUT2D eigenvalue weighted by molar-refractivity contribution is 0.151. The number of hydrogen-bond donors (Lipinski definition) is 1. The zero-order valence-corrected chi connectivity index (χ0v) is 10.6. The number of nitrogens with zero attached hydrogens (tertiary/aromatic N) is 1. The van der Waals surface area contributed by atoms with E-state index >= 15 is 0 Å². The molecule has 4 heteroatoms. The monoisotopic (exact) mass is 265 g/mol. The van der Waals surface area contributed by atoms with E-state index in [1.54, 1.807) is 24.5 Å². The normalized spacial score (nSPS) is 14.2. The molecule has 2 aromatic rings. The van der Waals surface area contributed by atoms with Gasteiger partial charge in [-0.15, -0.1) is 0 Å². The summed E-state index contributed by atoms with van der Waals surface area (Å²) in [6, 6.07) is 8.09. The number of rotatable bonds is 3. The SMILES string of the molecule is CC(c1ccncc1)C(O)c1cccc(F)c1Cl. The van der Waals surface area contributed by atoms with Crippen LogP contribution in [-0.2, 0) is 0 Å². The van der Waals surface area contributed by atoms with Crippen molar-refractivity contribution in [1.29, 1.82) is 0 Å². The van der Waals surface area contributed by atoms with Crippen molar-refractivity contribution >= 4 is 11.6 Å². The number of aromatic nitrogens is 1. The Hall–Kier alpha value is -1.45. The third-order valence-corrected chi connectivity index (χ3v) is 3.40. The predicted molar refractivity (Wildman–Crippen MR) is 69.0 cm³/mol. The van der Waals surface area contributed by atoms with Gasteiger partial charge in [0.05, 0.1) is 11.1 Å². The number of aliphatic hydroxyl groups is 1. The van der Waals surface area contributed by atoms with Gasteiger partial charge in [-0.25, -0.2) is 4.39 Å². The van der Waals surface area contributed by atoms with Crippen molar-refractivity contribution in [3.05, 3.63) is 64.7 Å². The highest BCUT2D eigenvalue weighted by molar-refractivity contribution is 6.31. The summed E-state index contributed by atoms with van der Waals surface area (Å²) in [6.45, 7) is 1.86. The largest absolute Gasteiger partial charge is 0.388 e. The van der Waals surface area contributed by atoms with E-state index < -0.39 is 11.9 Å². The molecule has 0 saturated heterocycles. The summed E-state index contributed by atoms with van der Waals surface area (Å²) in [5.74, 6) is -0.706. The highest BCUT2D eigenvalue weighted by atomic mass is 35.5. The van der Waals surface area contributed by atoms with E-state index in [4.69, 9.17) is 11.6 Å². The maximum absolute atomic E-state index is 13.4. The second kappa shape index (κ2) is 5.46. The van der Waals surface area contributed by atoms with Crippen LogP contribution in [0.4, 0.5) is 4.39 Å². The molecule has 0 radical (unpaired) electrons. The lowest BCUT2D eigenvalue weighted by atomic mass is 9.91. The average molecular weight is 266 g/mol. The molecule has 1 aromatic carbocycles. The average Bonchev–Trinajstić information content (AvgIpc) is 2.41. The Morgan fingerprint density at radius 2 is 1.89 bits per heavy atom. The first-order valence-electron chi connectivity index (χ1n) is 5.63. The van der Waals surface area contributed by atoms with Crippen molar-refractivity contribution in [2.24, 2.45) is 0 Å². The summed E-state index contributed by atoms with van der Waals surface area (Å²) in [5, 5.41) is 10.3. The molecule has 2 atom stereocenters. The van der Waals surface area contributed by atoms with Gasteiger partial charge in [0.1, 0.15) is 5.82 Å². The Morgan fingerprint density at radius 3 is 2.56 bits per heavy atom. The first-order valence-corrected chi connectivity index (χ1v) is 6.01. The fourth-order valence-electron chi connectivity index (χ4n) is 1.87. The van der Waals surface area contributed by atoms with Gasteiger partial charge < -0.3 is 5.11 Å². The van der Waals surface area contributed by atoms with Crippen molar-refractivity contribution in [1.82, 2.24) is 4.98 Å². The molecule has 0 fully saturated rings. The van der Waals surface area contributed by atoms with Crippen molar-refractivity contribution < 1.29 is 9.50 Å². The maximum atomic E-state index is 13.4. The summed E-state index contributed by atoms with van der Waals surface area (Å²) in [7, 11) is 0. The van der Waals surface area contributed by atoms with Gasteiger partial charge in [0.25, 0.3) is 0 Å². The van der Waals surface area contributed by atoms with Crippen LogP contribution in [0.1, 0.15) is 30.1 Å². The first-order chi connectivity index (χ1) is 8.61. The predicted octanol–water partition coefficient (Wildman–Crippen LogP) is 3.71. The molecule has 2 nitrogen and oxygen atoms in total. The van der Waals surface area contributed by atoms with E-state index in [1.165, 1.54) is 6.07 Å². The molecule has 1 N–H and O–H groups in total. The van der Waals surface area contributed by atoms with Crippen LogP contribution in [0.5, 0.6) is 0 Å². The van der Waals surface area contributed by atoms with Crippen molar-refractivity contribution in [3.8, 4) is 0 Å². The third-order valence-electron chi connectivity index (χ3n) is 3.01. The van der Waals surface area contributed by atoms with Crippen LogP contribution in [0.25, 0.3) is 0 Å². The smallest absolute Gasteiger partial charge is 0.142 e. The van der Waals surface area contributed by atoms with Crippen LogP contribution in [0.15, 0.2) is 42.7 Å². The van der Waals surface area contributed by atoms with Crippen molar-refractivity contribution in [3.63, 3.8) is 0 Å². The van der Waals surface area contributed by atoms with Gasteiger partial charge in [-0.3, -0.25) is 4.98 Å². The minimum absolute atomic E-state index is 0.0223. The van der Waals surface area contributed by atoms with E-state index in [9.17, 15) is 9.50 Å². The molecule has 1 heterocycles. The Morgan fingerprint density at radius 1 is 1.22 bits per heavy atom. The summed E-state index contributed by atoms with van der Waals surface area (Å²) >= 11 is 5.87. The van der Waals surface area contributed by atoms with Crippen LogP contribution in [0.2, 0.25) is 5.02 Å². The van der Waals surface area contributed by atoms with E-state index in [2.05, 4.69) is 4.98 Å². The lowest BCUT2D eigenvalue weighted by Gasteiger charge is -2.20. The van der Waals surface area contributed by atoms with Crippen LogP contribution in [0, 0.1) is 5.82 Å². The molecular formula is C14H13ClFNO. The first kappa shape index (κ1) is 13.0. The molecule has 0 bridgehead atoms. The van der Waals surface area contributed by atoms with Crippen molar-refractivity contribution in [2.75, 3.05) is 0 Å². The van der Waals surface area contributed by atoms with Gasteiger partial charge >= 0.3 is 0 Å². The molecule has 1 aromatic heterocycles. The van der Waals surface area contributed by atoms with E-state index in [1.807, 2.05) is 19.1 Å². The van der Waals surface area contributed by atoms with Gasteiger partial charge in [-0.1, -0.05) is 30.7 Å². The molecule has 0 saturated carbocycles. The topological polar surface area (TPSA) is 33.1 Å². The Bertz CT molecular complexity index is 533.